The van der Waals surface area contributed by atoms with Crippen molar-refractivity contribution in [3.05, 3.63) is 33.3 Å². The fraction of sp³-hybridized carbons (Fsp3) is 0.562. The molecular formula is C16H22BrClN2O. The first kappa shape index (κ1) is 16.8. The van der Waals surface area contributed by atoms with Gasteiger partial charge >= 0.3 is 0 Å². The van der Waals surface area contributed by atoms with Crippen molar-refractivity contribution in [3.63, 3.8) is 0 Å². The van der Waals surface area contributed by atoms with Gasteiger partial charge in [0.2, 0.25) is 5.91 Å². The Morgan fingerprint density at radius 1 is 1.48 bits per heavy atom. The number of nitrogens with two attached hydrogens (primary N) is 1. The lowest BCUT2D eigenvalue weighted by Gasteiger charge is -2.35. The molecule has 2 N–H and O–H groups in total. The Morgan fingerprint density at radius 3 is 2.86 bits per heavy atom. The second-order valence-corrected chi connectivity index (χ2v) is 7.40. The molecule has 1 fully saturated rings. The number of carbonyl (C=O) groups is 1. The van der Waals surface area contributed by atoms with Crippen LogP contribution in [-0.4, -0.2) is 23.4 Å². The average molecular weight is 374 g/mol. The highest BCUT2D eigenvalue weighted by atomic mass is 79.9. The summed E-state index contributed by atoms with van der Waals surface area (Å²) >= 11 is 9.73. The number of amides is 1. The minimum absolute atomic E-state index is 0.0648. The molecule has 3 nitrogen and oxygen atoms in total. The van der Waals surface area contributed by atoms with Crippen molar-refractivity contribution in [2.24, 2.45) is 11.7 Å². The first-order chi connectivity index (χ1) is 9.90. The maximum Gasteiger partial charge on any atom is 0.223 e. The van der Waals surface area contributed by atoms with Gasteiger partial charge in [-0.25, -0.2) is 0 Å². The summed E-state index contributed by atoms with van der Waals surface area (Å²) in [6, 6.07) is 5.50. The van der Waals surface area contributed by atoms with Crippen LogP contribution in [0.3, 0.4) is 0 Å². The number of benzene rings is 1. The van der Waals surface area contributed by atoms with E-state index >= 15 is 0 Å². The fourth-order valence-electron chi connectivity index (χ4n) is 2.93. The van der Waals surface area contributed by atoms with Gasteiger partial charge in [-0.15, -0.1) is 0 Å². The molecule has 21 heavy (non-hydrogen) atoms. The molecule has 5 heteroatoms. The lowest BCUT2D eigenvalue weighted by molar-refractivity contribution is -0.133. The van der Waals surface area contributed by atoms with E-state index in [-0.39, 0.29) is 18.0 Å². The lowest BCUT2D eigenvalue weighted by atomic mass is 9.95. The van der Waals surface area contributed by atoms with Crippen LogP contribution in [0.25, 0.3) is 0 Å². The van der Waals surface area contributed by atoms with Gasteiger partial charge in [0.1, 0.15) is 0 Å². The molecule has 1 saturated heterocycles. The van der Waals surface area contributed by atoms with Crippen molar-refractivity contribution in [2.75, 3.05) is 6.54 Å². The van der Waals surface area contributed by atoms with Crippen LogP contribution in [0.15, 0.2) is 22.7 Å². The number of hydrogen-bond acceptors (Lipinski definition) is 2. The van der Waals surface area contributed by atoms with Crippen LogP contribution >= 0.6 is 27.5 Å². The molecule has 0 saturated carbocycles. The fourth-order valence-corrected chi connectivity index (χ4v) is 3.59. The largest absolute Gasteiger partial charge is 0.334 e. The van der Waals surface area contributed by atoms with E-state index in [2.05, 4.69) is 29.8 Å². The molecule has 116 valence electrons. The van der Waals surface area contributed by atoms with E-state index in [0.717, 1.165) is 29.4 Å². The Labute approximate surface area is 140 Å². The highest BCUT2D eigenvalue weighted by Crippen LogP contribution is 2.36. The summed E-state index contributed by atoms with van der Waals surface area (Å²) in [6.45, 7) is 4.96. The molecule has 1 heterocycles. The maximum absolute atomic E-state index is 12.5. The summed E-state index contributed by atoms with van der Waals surface area (Å²) in [6.07, 6.45) is 2.28. The van der Waals surface area contributed by atoms with Gasteiger partial charge in [0.25, 0.3) is 0 Å². The van der Waals surface area contributed by atoms with Gasteiger partial charge in [-0.3, -0.25) is 4.79 Å². The van der Waals surface area contributed by atoms with Gasteiger partial charge in [-0.05, 0) is 42.5 Å². The molecule has 0 radical (unpaired) electrons. The molecule has 0 bridgehead atoms. The molecule has 1 aromatic rings. The van der Waals surface area contributed by atoms with E-state index in [4.69, 9.17) is 17.3 Å². The predicted octanol–water partition coefficient (Wildman–Crippen LogP) is 4.14. The monoisotopic (exact) mass is 372 g/mol. The third-order valence-corrected chi connectivity index (χ3v) is 4.79. The number of rotatable bonds is 3. The molecule has 2 unspecified atom stereocenters. The molecule has 0 spiro atoms. The summed E-state index contributed by atoms with van der Waals surface area (Å²) in [5.41, 5.74) is 7.41. The van der Waals surface area contributed by atoms with Crippen LogP contribution in [0.1, 0.15) is 44.7 Å². The molecular weight excluding hydrogens is 352 g/mol. The molecule has 1 aliphatic heterocycles. The number of carbonyl (C=O) groups excluding carboxylic acids is 1. The number of nitrogens with zero attached hydrogens (tertiary/aromatic N) is 1. The van der Waals surface area contributed by atoms with E-state index in [1.165, 1.54) is 0 Å². The molecule has 1 aliphatic rings. The molecule has 1 amide bonds. The van der Waals surface area contributed by atoms with Gasteiger partial charge in [-0.1, -0.05) is 41.4 Å². The number of hydrogen-bond donors (Lipinski definition) is 1. The van der Waals surface area contributed by atoms with Crippen LogP contribution in [0, 0.1) is 5.92 Å². The Hall–Kier alpha value is -0.580. The van der Waals surface area contributed by atoms with Crippen molar-refractivity contribution in [1.29, 1.82) is 0 Å². The summed E-state index contributed by atoms with van der Waals surface area (Å²) < 4.78 is 0.954. The first-order valence-corrected chi connectivity index (χ1v) is 8.57. The van der Waals surface area contributed by atoms with Crippen LogP contribution < -0.4 is 5.73 Å². The number of likely N-dealkylation sites (tertiary alicyclic amines) is 1. The highest BCUT2D eigenvalue weighted by Gasteiger charge is 2.34. The lowest BCUT2D eigenvalue weighted by Crippen LogP contribution is -2.44. The quantitative estimate of drug-likeness (QED) is 0.865. The molecule has 2 rings (SSSR count). The number of halogens is 2. The summed E-state index contributed by atoms with van der Waals surface area (Å²) in [4.78, 5) is 14.4. The van der Waals surface area contributed by atoms with Crippen molar-refractivity contribution in [3.8, 4) is 0 Å². The standard InChI is InChI=1S/C16H22BrClN2O/c1-10(2)9-20-15(21)5-3-4-14(19)16(20)12-8-11(18)6-7-13(12)17/h6-8,10,14,16H,3-5,9,19H2,1-2H3. The zero-order valence-corrected chi connectivity index (χ0v) is 14.8. The SMILES string of the molecule is CC(C)CN1C(=O)CCCC(N)C1c1cc(Cl)ccc1Br. The summed E-state index contributed by atoms with van der Waals surface area (Å²) in [5, 5.41) is 0.668. The molecule has 0 aromatic heterocycles. The normalized spacial score (nSPS) is 23.5. The van der Waals surface area contributed by atoms with E-state index in [9.17, 15) is 4.79 Å². The maximum atomic E-state index is 12.5. The van der Waals surface area contributed by atoms with Crippen molar-refractivity contribution >= 4 is 33.4 Å². The average Bonchev–Trinajstić information content (AvgIpc) is 2.53. The Kier molecular flexibility index (Phi) is 5.69. The predicted molar refractivity (Wildman–Crippen MR) is 90.3 cm³/mol. The first-order valence-electron chi connectivity index (χ1n) is 7.40. The van der Waals surface area contributed by atoms with Crippen LogP contribution in [0.2, 0.25) is 5.02 Å². The molecule has 1 aromatic carbocycles. The zero-order valence-electron chi connectivity index (χ0n) is 12.5. The van der Waals surface area contributed by atoms with E-state index in [1.54, 1.807) is 0 Å². The second-order valence-electron chi connectivity index (χ2n) is 6.11. The van der Waals surface area contributed by atoms with Crippen molar-refractivity contribution in [1.82, 2.24) is 4.90 Å². The third-order valence-electron chi connectivity index (χ3n) is 3.83. The highest BCUT2D eigenvalue weighted by molar-refractivity contribution is 9.10. The zero-order chi connectivity index (χ0) is 15.6. The van der Waals surface area contributed by atoms with Crippen molar-refractivity contribution in [2.45, 2.75) is 45.2 Å². The molecule has 0 aliphatic carbocycles. The Morgan fingerprint density at radius 2 is 2.19 bits per heavy atom. The van der Waals surface area contributed by atoms with Crippen molar-refractivity contribution < 1.29 is 4.79 Å². The summed E-state index contributed by atoms with van der Waals surface area (Å²) in [7, 11) is 0. The Balaban J connectivity index is 2.46. The van der Waals surface area contributed by atoms with E-state index in [0.29, 0.717) is 17.4 Å². The van der Waals surface area contributed by atoms with Crippen LogP contribution in [0.4, 0.5) is 0 Å². The van der Waals surface area contributed by atoms with Crippen LogP contribution in [0.5, 0.6) is 0 Å². The molecule has 2 atom stereocenters. The third kappa shape index (κ3) is 3.99. The minimum atomic E-state index is -0.115. The van der Waals surface area contributed by atoms with Gasteiger partial charge in [0, 0.05) is 28.5 Å². The topological polar surface area (TPSA) is 46.3 Å². The summed E-state index contributed by atoms with van der Waals surface area (Å²) in [5.74, 6) is 0.591. The van der Waals surface area contributed by atoms with Gasteiger partial charge < -0.3 is 10.6 Å². The smallest absolute Gasteiger partial charge is 0.223 e. The van der Waals surface area contributed by atoms with E-state index in [1.807, 2.05) is 23.1 Å². The van der Waals surface area contributed by atoms with Crippen LogP contribution in [-0.2, 0) is 4.79 Å². The van der Waals surface area contributed by atoms with Gasteiger partial charge in [0.15, 0.2) is 0 Å². The van der Waals surface area contributed by atoms with Gasteiger partial charge in [0.05, 0.1) is 6.04 Å². The van der Waals surface area contributed by atoms with Gasteiger partial charge in [-0.2, -0.15) is 0 Å². The Bertz CT molecular complexity index is 521. The van der Waals surface area contributed by atoms with E-state index < -0.39 is 0 Å². The second kappa shape index (κ2) is 7.12. The minimum Gasteiger partial charge on any atom is -0.334 e.